The summed E-state index contributed by atoms with van der Waals surface area (Å²) >= 11 is 0. The highest BCUT2D eigenvalue weighted by molar-refractivity contribution is 5.85. The summed E-state index contributed by atoms with van der Waals surface area (Å²) in [5, 5.41) is 6.30. The van der Waals surface area contributed by atoms with Gasteiger partial charge in [-0.2, -0.15) is 5.10 Å². The third-order valence-corrected chi connectivity index (χ3v) is 2.59. The largest absolute Gasteiger partial charge is 0.446 e. The Labute approximate surface area is 77.3 Å². The molecule has 13 heavy (non-hydrogen) atoms. The number of hydrogen-bond acceptors (Lipinski definition) is 4. The summed E-state index contributed by atoms with van der Waals surface area (Å²) in [4.78, 5) is 3.92. The molecule has 1 aliphatic rings. The zero-order chi connectivity index (χ0) is 9.42. The fourth-order valence-corrected chi connectivity index (χ4v) is 1.76. The smallest absolute Gasteiger partial charge is 0.180 e. The predicted octanol–water partition coefficient (Wildman–Crippen LogP) is 1.67. The third kappa shape index (κ3) is 1.22. The van der Waals surface area contributed by atoms with Crippen LogP contribution in [0, 0.1) is 5.92 Å². The van der Waals surface area contributed by atoms with E-state index >= 15 is 0 Å². The standard InChI is InChI=1S/C9H13N3O/c1-6-7(2)11-12(3)9(6)8-4-10-5-13-8/h4-6,9H,1-3H3. The van der Waals surface area contributed by atoms with Crippen LogP contribution >= 0.6 is 0 Å². The summed E-state index contributed by atoms with van der Waals surface area (Å²) in [6, 6.07) is 0.211. The Hall–Kier alpha value is -1.32. The van der Waals surface area contributed by atoms with Crippen LogP contribution in [0.4, 0.5) is 0 Å². The van der Waals surface area contributed by atoms with Crippen molar-refractivity contribution >= 4 is 5.71 Å². The Balaban J connectivity index is 2.28. The van der Waals surface area contributed by atoms with E-state index in [1.807, 2.05) is 19.0 Å². The predicted molar refractivity (Wildman–Crippen MR) is 49.3 cm³/mol. The first-order valence-corrected chi connectivity index (χ1v) is 4.36. The highest BCUT2D eigenvalue weighted by atomic mass is 16.3. The van der Waals surface area contributed by atoms with Gasteiger partial charge in [-0.3, -0.25) is 5.01 Å². The molecule has 0 radical (unpaired) electrons. The van der Waals surface area contributed by atoms with E-state index in [1.165, 1.54) is 6.39 Å². The fraction of sp³-hybridized carbons (Fsp3) is 0.556. The second-order valence-corrected chi connectivity index (χ2v) is 3.45. The molecule has 0 saturated carbocycles. The van der Waals surface area contributed by atoms with E-state index in [1.54, 1.807) is 6.20 Å². The highest BCUT2D eigenvalue weighted by Crippen LogP contribution is 2.33. The molecule has 2 heterocycles. The van der Waals surface area contributed by atoms with E-state index in [0.717, 1.165) is 11.5 Å². The van der Waals surface area contributed by atoms with Gasteiger partial charge in [0.15, 0.2) is 6.39 Å². The summed E-state index contributed by atoms with van der Waals surface area (Å²) in [7, 11) is 1.96. The van der Waals surface area contributed by atoms with Gasteiger partial charge in [-0.1, -0.05) is 6.92 Å². The highest BCUT2D eigenvalue weighted by Gasteiger charge is 2.33. The van der Waals surface area contributed by atoms with E-state index in [2.05, 4.69) is 17.0 Å². The molecule has 4 heteroatoms. The van der Waals surface area contributed by atoms with Crippen LogP contribution in [0.2, 0.25) is 0 Å². The maximum absolute atomic E-state index is 5.28. The zero-order valence-electron chi connectivity index (χ0n) is 8.06. The molecule has 0 fully saturated rings. The van der Waals surface area contributed by atoms with E-state index in [0.29, 0.717) is 5.92 Å². The lowest BCUT2D eigenvalue weighted by atomic mass is 9.97. The van der Waals surface area contributed by atoms with Gasteiger partial charge in [-0.05, 0) is 6.92 Å². The second kappa shape index (κ2) is 2.87. The quantitative estimate of drug-likeness (QED) is 0.658. The number of rotatable bonds is 1. The molecule has 0 spiro atoms. The first-order valence-electron chi connectivity index (χ1n) is 4.36. The van der Waals surface area contributed by atoms with Gasteiger partial charge in [0.05, 0.1) is 6.20 Å². The van der Waals surface area contributed by atoms with Gasteiger partial charge in [0.25, 0.3) is 0 Å². The van der Waals surface area contributed by atoms with Gasteiger partial charge in [0, 0.05) is 18.7 Å². The Morgan fingerprint density at radius 3 is 2.77 bits per heavy atom. The fourth-order valence-electron chi connectivity index (χ4n) is 1.76. The van der Waals surface area contributed by atoms with Gasteiger partial charge in [0.1, 0.15) is 11.8 Å². The van der Waals surface area contributed by atoms with E-state index < -0.39 is 0 Å². The first-order chi connectivity index (χ1) is 6.20. The molecule has 2 rings (SSSR count). The molecule has 1 aliphatic heterocycles. The van der Waals surface area contributed by atoms with Crippen molar-refractivity contribution in [3.05, 3.63) is 18.4 Å². The molecular weight excluding hydrogens is 166 g/mol. The first kappa shape index (κ1) is 8.29. The number of nitrogens with zero attached hydrogens (tertiary/aromatic N) is 3. The Morgan fingerprint density at radius 1 is 1.54 bits per heavy atom. The Bertz CT molecular complexity index is 318. The van der Waals surface area contributed by atoms with Gasteiger partial charge >= 0.3 is 0 Å². The molecule has 0 aliphatic carbocycles. The van der Waals surface area contributed by atoms with Crippen LogP contribution in [0.3, 0.4) is 0 Å². The van der Waals surface area contributed by atoms with Gasteiger partial charge in [-0.15, -0.1) is 0 Å². The van der Waals surface area contributed by atoms with Crippen molar-refractivity contribution in [2.75, 3.05) is 7.05 Å². The molecule has 70 valence electrons. The molecule has 0 bridgehead atoms. The normalized spacial score (nSPS) is 27.9. The summed E-state index contributed by atoms with van der Waals surface area (Å²) < 4.78 is 5.28. The van der Waals surface area contributed by atoms with Gasteiger partial charge in [-0.25, -0.2) is 4.98 Å². The molecule has 2 atom stereocenters. The lowest BCUT2D eigenvalue weighted by Gasteiger charge is -2.19. The lowest BCUT2D eigenvalue weighted by Crippen LogP contribution is -2.19. The van der Waals surface area contributed by atoms with Crippen LogP contribution < -0.4 is 0 Å². The molecule has 2 unspecified atom stereocenters. The van der Waals surface area contributed by atoms with E-state index in [-0.39, 0.29) is 6.04 Å². The molecule has 0 saturated heterocycles. The van der Waals surface area contributed by atoms with Gasteiger partial charge < -0.3 is 4.42 Å². The molecule has 0 amide bonds. The number of hydrazone groups is 1. The van der Waals surface area contributed by atoms with Crippen LogP contribution in [-0.4, -0.2) is 22.8 Å². The molecule has 4 nitrogen and oxygen atoms in total. The summed E-state index contributed by atoms with van der Waals surface area (Å²) in [6.45, 7) is 4.19. The minimum Gasteiger partial charge on any atom is -0.446 e. The average molecular weight is 179 g/mol. The van der Waals surface area contributed by atoms with Crippen LogP contribution in [0.1, 0.15) is 25.6 Å². The molecule has 0 aromatic carbocycles. The van der Waals surface area contributed by atoms with Crippen molar-refractivity contribution < 1.29 is 4.42 Å². The maximum atomic E-state index is 5.28. The molecule has 0 N–H and O–H groups in total. The van der Waals surface area contributed by atoms with Crippen molar-refractivity contribution in [1.82, 2.24) is 9.99 Å². The second-order valence-electron chi connectivity index (χ2n) is 3.45. The monoisotopic (exact) mass is 179 g/mol. The van der Waals surface area contributed by atoms with Crippen molar-refractivity contribution in [2.45, 2.75) is 19.9 Å². The van der Waals surface area contributed by atoms with Crippen molar-refractivity contribution in [1.29, 1.82) is 0 Å². The van der Waals surface area contributed by atoms with Crippen molar-refractivity contribution in [3.8, 4) is 0 Å². The Kier molecular flexibility index (Phi) is 1.83. The summed E-state index contributed by atoms with van der Waals surface area (Å²) in [5.41, 5.74) is 1.14. The molecular formula is C9H13N3O. The van der Waals surface area contributed by atoms with Crippen LogP contribution in [0.15, 0.2) is 22.1 Å². The minimum absolute atomic E-state index is 0.211. The third-order valence-electron chi connectivity index (χ3n) is 2.59. The number of hydrogen-bond donors (Lipinski definition) is 0. The molecule has 1 aromatic rings. The summed E-state index contributed by atoms with van der Waals surface area (Å²) in [5.74, 6) is 1.29. The number of aromatic nitrogens is 1. The number of oxazole rings is 1. The van der Waals surface area contributed by atoms with E-state index in [9.17, 15) is 0 Å². The maximum Gasteiger partial charge on any atom is 0.180 e. The topological polar surface area (TPSA) is 41.6 Å². The zero-order valence-corrected chi connectivity index (χ0v) is 8.06. The van der Waals surface area contributed by atoms with E-state index in [4.69, 9.17) is 4.42 Å². The van der Waals surface area contributed by atoms with Gasteiger partial charge in [0.2, 0.25) is 0 Å². The minimum atomic E-state index is 0.211. The molecule has 1 aromatic heterocycles. The summed E-state index contributed by atoms with van der Waals surface area (Å²) in [6.07, 6.45) is 3.22. The van der Waals surface area contributed by atoms with Crippen molar-refractivity contribution in [3.63, 3.8) is 0 Å². The SMILES string of the molecule is CC1=NN(C)C(c2cnco2)C1C. The van der Waals surface area contributed by atoms with Crippen LogP contribution in [0.25, 0.3) is 0 Å². The van der Waals surface area contributed by atoms with Crippen molar-refractivity contribution in [2.24, 2.45) is 11.0 Å². The average Bonchev–Trinajstić information content (AvgIpc) is 2.63. The van der Waals surface area contributed by atoms with Crippen LogP contribution in [0.5, 0.6) is 0 Å². The lowest BCUT2D eigenvalue weighted by molar-refractivity contribution is 0.223. The van der Waals surface area contributed by atoms with Crippen LogP contribution in [-0.2, 0) is 0 Å². The Morgan fingerprint density at radius 2 is 2.31 bits per heavy atom.